The number of carbonyl (C=O) groups is 1. The van der Waals surface area contributed by atoms with Gasteiger partial charge in [0, 0.05) is 17.7 Å². The van der Waals surface area contributed by atoms with Gasteiger partial charge in [-0.25, -0.2) is 0 Å². The van der Waals surface area contributed by atoms with Crippen molar-refractivity contribution in [2.24, 2.45) is 11.3 Å². The second-order valence-corrected chi connectivity index (χ2v) is 5.50. The second kappa shape index (κ2) is 3.54. The number of allylic oxidation sites excluding steroid dienone is 1. The molecule has 5 heteroatoms. The Balaban J connectivity index is 2.63. The maximum Gasteiger partial charge on any atom is 0.245 e. The van der Waals surface area contributed by atoms with E-state index in [0.717, 1.165) is 10.8 Å². The Labute approximate surface area is 98.5 Å². The molecule has 0 spiro atoms. The average Bonchev–Trinajstić information content (AvgIpc) is 2.66. The smallest absolute Gasteiger partial charge is 0.245 e. The van der Waals surface area contributed by atoms with E-state index in [-0.39, 0.29) is 5.91 Å². The first kappa shape index (κ1) is 11.0. The summed E-state index contributed by atoms with van der Waals surface area (Å²) in [6.45, 7) is 4.19. The van der Waals surface area contributed by atoms with Crippen molar-refractivity contribution >= 4 is 17.7 Å². The Morgan fingerprint density at radius 1 is 1.50 bits per heavy atom. The Morgan fingerprint density at radius 2 is 2.19 bits per heavy atom. The molecule has 16 heavy (non-hydrogen) atoms. The molecule has 0 N–H and O–H groups in total. The molecule has 0 aromatic rings. The highest BCUT2D eigenvalue weighted by Crippen LogP contribution is 2.47. The predicted octanol–water partition coefficient (Wildman–Crippen LogP) is 1.48. The summed E-state index contributed by atoms with van der Waals surface area (Å²) in [7, 11) is 0. The number of nitrogens with zero attached hydrogens (tertiary/aromatic N) is 3. The summed E-state index contributed by atoms with van der Waals surface area (Å²) in [5.41, 5.74) is -0.106. The van der Waals surface area contributed by atoms with Gasteiger partial charge in [0.05, 0.1) is 22.7 Å². The summed E-state index contributed by atoms with van der Waals surface area (Å²) < 4.78 is 0. The van der Waals surface area contributed by atoms with E-state index in [9.17, 15) is 10.1 Å². The van der Waals surface area contributed by atoms with Gasteiger partial charge in [-0.15, -0.1) is 11.8 Å². The maximum absolute atomic E-state index is 12.1. The van der Waals surface area contributed by atoms with E-state index in [0.29, 0.717) is 12.1 Å². The highest BCUT2D eigenvalue weighted by Gasteiger charge is 2.49. The van der Waals surface area contributed by atoms with Crippen LogP contribution in [0.4, 0.5) is 0 Å². The lowest BCUT2D eigenvalue weighted by molar-refractivity contribution is -0.134. The first-order chi connectivity index (χ1) is 7.54. The third-order valence-corrected chi connectivity index (χ3v) is 4.22. The van der Waals surface area contributed by atoms with Crippen molar-refractivity contribution in [1.82, 2.24) is 4.90 Å². The highest BCUT2D eigenvalue weighted by atomic mass is 32.2. The lowest BCUT2D eigenvalue weighted by Gasteiger charge is -2.37. The molecule has 0 aliphatic carbocycles. The molecule has 2 aliphatic heterocycles. The number of thioether (sulfide) groups is 1. The van der Waals surface area contributed by atoms with Gasteiger partial charge in [0.15, 0.2) is 0 Å². The number of fused-ring (bicyclic) bond motifs is 1. The van der Waals surface area contributed by atoms with Crippen LogP contribution in [0.5, 0.6) is 0 Å². The van der Waals surface area contributed by atoms with Crippen LogP contribution in [0.3, 0.4) is 0 Å². The van der Waals surface area contributed by atoms with E-state index < -0.39 is 11.3 Å². The molecule has 0 saturated carbocycles. The van der Waals surface area contributed by atoms with Gasteiger partial charge in [-0.1, -0.05) is 13.8 Å². The molecular weight excluding hydrogens is 222 g/mol. The van der Waals surface area contributed by atoms with E-state index in [1.807, 2.05) is 6.07 Å². The van der Waals surface area contributed by atoms with E-state index in [4.69, 9.17) is 5.26 Å². The zero-order chi connectivity index (χ0) is 11.9. The minimum absolute atomic E-state index is 0.161. The van der Waals surface area contributed by atoms with Gasteiger partial charge in [-0.3, -0.25) is 4.79 Å². The largest absolute Gasteiger partial charge is 0.304 e. The van der Waals surface area contributed by atoms with Crippen LogP contribution in [0.25, 0.3) is 0 Å². The van der Waals surface area contributed by atoms with E-state index in [1.54, 1.807) is 18.7 Å². The highest BCUT2D eigenvalue weighted by molar-refractivity contribution is 8.03. The van der Waals surface area contributed by atoms with Crippen LogP contribution in [-0.2, 0) is 4.79 Å². The molecule has 0 radical (unpaired) electrons. The van der Waals surface area contributed by atoms with Gasteiger partial charge >= 0.3 is 0 Å². The molecule has 0 bridgehead atoms. The van der Waals surface area contributed by atoms with Crippen molar-refractivity contribution < 1.29 is 4.79 Å². The summed E-state index contributed by atoms with van der Waals surface area (Å²) in [6.07, 6.45) is 0. The molecule has 0 unspecified atom stereocenters. The number of hydrogen-bond acceptors (Lipinski definition) is 4. The van der Waals surface area contributed by atoms with Crippen LogP contribution in [-0.4, -0.2) is 23.1 Å². The van der Waals surface area contributed by atoms with Gasteiger partial charge < -0.3 is 4.90 Å². The minimum atomic E-state index is -0.746. The molecule has 2 aliphatic rings. The molecule has 2 rings (SSSR count). The number of amides is 1. The van der Waals surface area contributed by atoms with Gasteiger partial charge in [0.1, 0.15) is 5.92 Å². The normalized spacial score (nSPS) is 27.4. The van der Waals surface area contributed by atoms with E-state index in [1.165, 1.54) is 11.8 Å². The summed E-state index contributed by atoms with van der Waals surface area (Å²) in [6, 6.07) is 4.20. The van der Waals surface area contributed by atoms with Crippen LogP contribution < -0.4 is 0 Å². The van der Waals surface area contributed by atoms with Gasteiger partial charge in [0.25, 0.3) is 0 Å². The lowest BCUT2D eigenvalue weighted by Crippen LogP contribution is -2.45. The summed E-state index contributed by atoms with van der Waals surface area (Å²) >= 11 is 1.53. The zero-order valence-corrected chi connectivity index (χ0v) is 9.97. The Morgan fingerprint density at radius 3 is 2.75 bits per heavy atom. The Kier molecular flexibility index (Phi) is 2.44. The van der Waals surface area contributed by atoms with Crippen molar-refractivity contribution in [3.05, 3.63) is 10.6 Å². The third kappa shape index (κ3) is 1.25. The number of rotatable bonds is 0. The molecule has 1 atom stereocenters. The molecule has 0 aromatic heterocycles. The summed E-state index contributed by atoms with van der Waals surface area (Å²) in [5.74, 6) is -0.100. The topological polar surface area (TPSA) is 67.9 Å². The van der Waals surface area contributed by atoms with Crippen molar-refractivity contribution in [3.8, 4) is 12.1 Å². The quantitative estimate of drug-likeness (QED) is 0.635. The minimum Gasteiger partial charge on any atom is -0.304 e. The van der Waals surface area contributed by atoms with E-state index >= 15 is 0 Å². The van der Waals surface area contributed by atoms with E-state index in [2.05, 4.69) is 6.07 Å². The van der Waals surface area contributed by atoms with Gasteiger partial charge in [0.2, 0.25) is 5.91 Å². The fraction of sp³-hybridized carbons (Fsp3) is 0.545. The van der Waals surface area contributed by atoms with Crippen LogP contribution in [0.15, 0.2) is 10.6 Å². The molecule has 1 amide bonds. The first-order valence-corrected chi connectivity index (χ1v) is 6.01. The lowest BCUT2D eigenvalue weighted by atomic mass is 9.71. The summed E-state index contributed by atoms with van der Waals surface area (Å²) in [4.78, 5) is 13.6. The van der Waals surface area contributed by atoms with Gasteiger partial charge in [-0.2, -0.15) is 10.5 Å². The molecule has 4 nitrogen and oxygen atoms in total. The number of nitriles is 2. The second-order valence-electron chi connectivity index (χ2n) is 4.41. The molecule has 82 valence electrons. The SMILES string of the molecule is CC1(C)C(C#N)=C2SCCN2C(=O)[C@H]1C#N. The number of carbonyl (C=O) groups excluding carboxylic acids is 1. The van der Waals surface area contributed by atoms with Crippen molar-refractivity contribution in [3.63, 3.8) is 0 Å². The predicted molar refractivity (Wildman–Crippen MR) is 59.7 cm³/mol. The van der Waals surface area contributed by atoms with Crippen molar-refractivity contribution in [2.45, 2.75) is 13.8 Å². The molecule has 0 aromatic carbocycles. The Hall–Kier alpha value is -1.46. The Bertz CT molecular complexity index is 467. The summed E-state index contributed by atoms with van der Waals surface area (Å²) in [5, 5.41) is 19.1. The monoisotopic (exact) mass is 233 g/mol. The molecule has 2 heterocycles. The van der Waals surface area contributed by atoms with Crippen molar-refractivity contribution in [2.75, 3.05) is 12.3 Å². The molecule has 1 saturated heterocycles. The molecule has 1 fully saturated rings. The number of hydrogen-bond donors (Lipinski definition) is 0. The standard InChI is InChI=1S/C11H11N3OS/c1-11(2)7(5-12)9(15)14-3-4-16-10(14)8(11)6-13/h7H,3-4H2,1-2H3/t7-/m1/s1. The van der Waals surface area contributed by atoms with Gasteiger partial charge in [-0.05, 0) is 0 Å². The van der Waals surface area contributed by atoms with Crippen LogP contribution in [0.2, 0.25) is 0 Å². The average molecular weight is 233 g/mol. The fourth-order valence-corrected chi connectivity index (χ4v) is 3.38. The van der Waals surface area contributed by atoms with Crippen molar-refractivity contribution in [1.29, 1.82) is 10.5 Å². The molecular formula is C11H11N3OS. The van der Waals surface area contributed by atoms with Crippen LogP contribution in [0.1, 0.15) is 13.8 Å². The zero-order valence-electron chi connectivity index (χ0n) is 9.15. The maximum atomic E-state index is 12.1. The first-order valence-electron chi connectivity index (χ1n) is 5.02. The van der Waals surface area contributed by atoms with Crippen LogP contribution in [0, 0.1) is 34.0 Å². The fourth-order valence-electron chi connectivity index (χ4n) is 2.12. The van der Waals surface area contributed by atoms with Crippen LogP contribution >= 0.6 is 11.8 Å². The third-order valence-electron chi connectivity index (χ3n) is 3.13.